The molecule has 6 nitrogen and oxygen atoms in total. The molecule has 0 saturated carbocycles. The first-order valence-electron chi connectivity index (χ1n) is 9.33. The lowest BCUT2D eigenvalue weighted by Crippen LogP contribution is -2.13. The summed E-state index contributed by atoms with van der Waals surface area (Å²) in [5.74, 6) is 1.71. The summed E-state index contributed by atoms with van der Waals surface area (Å²) in [5, 5.41) is 0. The van der Waals surface area contributed by atoms with Gasteiger partial charge in [0.2, 0.25) is 0 Å². The first-order chi connectivity index (χ1) is 14.0. The normalized spacial score (nSPS) is 10.6. The zero-order valence-corrected chi connectivity index (χ0v) is 17.2. The number of methoxy groups -OCH3 is 3. The molecule has 0 fully saturated rings. The van der Waals surface area contributed by atoms with E-state index in [0.717, 1.165) is 34.7 Å². The van der Waals surface area contributed by atoms with Gasteiger partial charge in [0.05, 0.1) is 26.9 Å². The van der Waals surface area contributed by atoms with E-state index in [4.69, 9.17) is 19.9 Å². The number of aromatic nitrogens is 1. The first kappa shape index (κ1) is 20.3. The van der Waals surface area contributed by atoms with Gasteiger partial charge in [-0.3, -0.25) is 4.79 Å². The molecule has 2 aromatic carbocycles. The van der Waals surface area contributed by atoms with Crippen molar-refractivity contribution in [3.63, 3.8) is 0 Å². The number of aryl methyl sites for hydroxylation is 1. The maximum absolute atomic E-state index is 11.9. The fourth-order valence-corrected chi connectivity index (χ4v) is 3.48. The summed E-state index contributed by atoms with van der Waals surface area (Å²) in [6.07, 6.45) is 0.755. The maximum atomic E-state index is 11.9. The van der Waals surface area contributed by atoms with Crippen molar-refractivity contribution in [1.29, 1.82) is 0 Å². The van der Waals surface area contributed by atoms with E-state index >= 15 is 0 Å². The maximum Gasteiger partial charge on any atom is 0.250 e. The third-order valence-electron chi connectivity index (χ3n) is 5.07. The van der Waals surface area contributed by atoms with Crippen molar-refractivity contribution < 1.29 is 19.0 Å². The van der Waals surface area contributed by atoms with Crippen LogP contribution < -0.4 is 19.9 Å². The van der Waals surface area contributed by atoms with Gasteiger partial charge in [-0.1, -0.05) is 18.2 Å². The van der Waals surface area contributed by atoms with Crippen molar-refractivity contribution in [3.05, 3.63) is 65.4 Å². The van der Waals surface area contributed by atoms with Crippen LogP contribution in [0.5, 0.6) is 17.2 Å². The van der Waals surface area contributed by atoms with Crippen molar-refractivity contribution in [2.24, 2.45) is 5.73 Å². The highest BCUT2D eigenvalue weighted by Gasteiger charge is 2.17. The van der Waals surface area contributed by atoms with Crippen LogP contribution in [-0.2, 0) is 13.0 Å². The van der Waals surface area contributed by atoms with Crippen LogP contribution in [0.4, 0.5) is 0 Å². The highest BCUT2D eigenvalue weighted by Crippen LogP contribution is 2.30. The monoisotopic (exact) mass is 394 g/mol. The Morgan fingerprint density at radius 1 is 0.966 bits per heavy atom. The average molecular weight is 394 g/mol. The van der Waals surface area contributed by atoms with Crippen LogP contribution in [0.15, 0.2) is 48.5 Å². The number of primary amides is 1. The lowest BCUT2D eigenvalue weighted by molar-refractivity contribution is 0.0999. The molecular formula is C23H26N2O4. The molecule has 0 atom stereocenters. The Balaban J connectivity index is 1.97. The lowest BCUT2D eigenvalue weighted by Gasteiger charge is -2.14. The van der Waals surface area contributed by atoms with Gasteiger partial charge >= 0.3 is 0 Å². The van der Waals surface area contributed by atoms with Crippen LogP contribution in [0.2, 0.25) is 0 Å². The Kier molecular flexibility index (Phi) is 6.12. The second kappa shape index (κ2) is 8.73. The Hall–Kier alpha value is -3.41. The molecule has 3 rings (SSSR count). The third-order valence-corrected chi connectivity index (χ3v) is 5.07. The van der Waals surface area contributed by atoms with Gasteiger partial charge in [-0.25, -0.2) is 0 Å². The number of nitrogens with zero attached hydrogens (tertiary/aromatic N) is 1. The number of nitrogens with two attached hydrogens (primary N) is 1. The van der Waals surface area contributed by atoms with Crippen molar-refractivity contribution in [1.82, 2.24) is 4.57 Å². The minimum absolute atomic E-state index is 0.434. The molecule has 29 heavy (non-hydrogen) atoms. The molecule has 1 aromatic heterocycles. The molecule has 0 aliphatic carbocycles. The first-order valence-corrected chi connectivity index (χ1v) is 9.33. The van der Waals surface area contributed by atoms with E-state index in [1.165, 1.54) is 0 Å². The van der Waals surface area contributed by atoms with E-state index in [1.54, 1.807) is 21.3 Å². The van der Waals surface area contributed by atoms with Crippen molar-refractivity contribution in [2.45, 2.75) is 19.9 Å². The van der Waals surface area contributed by atoms with E-state index in [9.17, 15) is 4.79 Å². The summed E-state index contributed by atoms with van der Waals surface area (Å²) >= 11 is 0. The Labute approximate surface area is 170 Å². The molecule has 0 saturated heterocycles. The minimum Gasteiger partial charge on any atom is -0.497 e. The van der Waals surface area contributed by atoms with E-state index in [0.29, 0.717) is 23.6 Å². The molecule has 0 aliphatic heterocycles. The molecule has 1 heterocycles. The standard InChI is InChI=1S/C23H26N2O4/c1-15-19(23(24)26)14-20(17-6-5-7-18(13-17)27-2)25(15)11-10-16-8-9-21(28-3)22(12-16)29-4/h5-9,12-14H,10-11H2,1-4H3,(H2,24,26). The second-order valence-electron chi connectivity index (χ2n) is 6.72. The van der Waals surface area contributed by atoms with Gasteiger partial charge in [0.25, 0.3) is 5.91 Å². The fourth-order valence-electron chi connectivity index (χ4n) is 3.48. The van der Waals surface area contributed by atoms with Crippen LogP contribution in [0.3, 0.4) is 0 Å². The molecule has 0 bridgehead atoms. The van der Waals surface area contributed by atoms with Gasteiger partial charge in [0.15, 0.2) is 11.5 Å². The number of benzene rings is 2. The van der Waals surface area contributed by atoms with Crippen LogP contribution in [0.1, 0.15) is 21.6 Å². The zero-order valence-electron chi connectivity index (χ0n) is 17.2. The van der Waals surface area contributed by atoms with E-state index in [-0.39, 0.29) is 0 Å². The van der Waals surface area contributed by atoms with Crippen molar-refractivity contribution >= 4 is 5.91 Å². The summed E-state index contributed by atoms with van der Waals surface area (Å²) < 4.78 is 18.2. The van der Waals surface area contributed by atoms with E-state index in [1.807, 2.05) is 55.5 Å². The Morgan fingerprint density at radius 2 is 1.72 bits per heavy atom. The number of carbonyl (C=O) groups is 1. The number of amides is 1. The van der Waals surface area contributed by atoms with Gasteiger partial charge in [0, 0.05) is 23.5 Å². The van der Waals surface area contributed by atoms with Crippen molar-refractivity contribution in [3.8, 4) is 28.5 Å². The summed E-state index contributed by atoms with van der Waals surface area (Å²) in [6.45, 7) is 2.60. The molecule has 2 N–H and O–H groups in total. The smallest absolute Gasteiger partial charge is 0.250 e. The molecule has 0 spiro atoms. The number of carbonyl (C=O) groups excluding carboxylic acids is 1. The number of hydrogen-bond donors (Lipinski definition) is 1. The highest BCUT2D eigenvalue weighted by molar-refractivity contribution is 5.95. The Morgan fingerprint density at radius 3 is 2.38 bits per heavy atom. The molecular weight excluding hydrogens is 368 g/mol. The van der Waals surface area contributed by atoms with E-state index < -0.39 is 5.91 Å². The average Bonchev–Trinajstić information content (AvgIpc) is 3.08. The zero-order chi connectivity index (χ0) is 21.0. The summed E-state index contributed by atoms with van der Waals surface area (Å²) in [6, 6.07) is 15.5. The minimum atomic E-state index is -0.434. The SMILES string of the molecule is COc1cccc(-c2cc(C(N)=O)c(C)n2CCc2ccc(OC)c(OC)c2)c1. The largest absolute Gasteiger partial charge is 0.497 e. The number of rotatable bonds is 8. The van der Waals surface area contributed by atoms with Crippen LogP contribution in [0, 0.1) is 6.92 Å². The van der Waals surface area contributed by atoms with Crippen LogP contribution in [0.25, 0.3) is 11.3 Å². The number of hydrogen-bond acceptors (Lipinski definition) is 4. The van der Waals surface area contributed by atoms with Crippen molar-refractivity contribution in [2.75, 3.05) is 21.3 Å². The molecule has 0 aliphatic rings. The van der Waals surface area contributed by atoms with Gasteiger partial charge in [-0.05, 0) is 49.2 Å². The second-order valence-corrected chi connectivity index (χ2v) is 6.72. The predicted octanol–water partition coefficient (Wildman–Crippen LogP) is 3.83. The third kappa shape index (κ3) is 4.21. The summed E-state index contributed by atoms with van der Waals surface area (Å²) in [5.41, 5.74) is 9.96. The Bertz CT molecular complexity index is 1020. The molecule has 0 radical (unpaired) electrons. The van der Waals surface area contributed by atoms with Gasteiger partial charge < -0.3 is 24.5 Å². The molecule has 3 aromatic rings. The quantitative estimate of drug-likeness (QED) is 0.630. The van der Waals surface area contributed by atoms with E-state index in [2.05, 4.69) is 4.57 Å². The van der Waals surface area contributed by atoms with Crippen LogP contribution >= 0.6 is 0 Å². The fraction of sp³-hybridized carbons (Fsp3) is 0.261. The summed E-state index contributed by atoms with van der Waals surface area (Å²) in [4.78, 5) is 11.9. The molecule has 0 unspecified atom stereocenters. The van der Waals surface area contributed by atoms with Crippen LogP contribution in [-0.4, -0.2) is 31.8 Å². The van der Waals surface area contributed by atoms with Gasteiger partial charge in [0.1, 0.15) is 5.75 Å². The van der Waals surface area contributed by atoms with Gasteiger partial charge in [-0.2, -0.15) is 0 Å². The topological polar surface area (TPSA) is 75.7 Å². The summed E-state index contributed by atoms with van der Waals surface area (Å²) in [7, 11) is 4.87. The predicted molar refractivity (Wildman–Crippen MR) is 113 cm³/mol. The molecule has 6 heteroatoms. The van der Waals surface area contributed by atoms with Gasteiger partial charge in [-0.15, -0.1) is 0 Å². The molecule has 1 amide bonds. The lowest BCUT2D eigenvalue weighted by atomic mass is 10.1. The molecule has 152 valence electrons. The highest BCUT2D eigenvalue weighted by atomic mass is 16.5. The number of ether oxygens (including phenoxy) is 3.